The lowest BCUT2D eigenvalue weighted by Crippen LogP contribution is -2.27. The smallest absolute Gasteiger partial charge is 0.254 e. The predicted molar refractivity (Wildman–Crippen MR) is 96.5 cm³/mol. The van der Waals surface area contributed by atoms with E-state index in [1.165, 1.54) is 0 Å². The first-order valence-corrected chi connectivity index (χ1v) is 8.23. The summed E-state index contributed by atoms with van der Waals surface area (Å²) in [7, 11) is 1.71. The molecule has 1 aromatic heterocycles. The SMILES string of the molecule is Cc1ccc(C(=O)N(C)Cc2nc(-c3cccc(Cl)c3)no2)c(C)c1. The van der Waals surface area contributed by atoms with Gasteiger partial charge < -0.3 is 9.42 Å². The summed E-state index contributed by atoms with van der Waals surface area (Å²) >= 11 is 5.98. The first-order valence-electron chi connectivity index (χ1n) is 7.85. The Bertz CT molecular complexity index is 921. The minimum Gasteiger partial charge on any atom is -0.337 e. The monoisotopic (exact) mass is 355 g/mol. The van der Waals surface area contributed by atoms with Crippen molar-refractivity contribution in [1.29, 1.82) is 0 Å². The van der Waals surface area contributed by atoms with Crippen molar-refractivity contribution in [2.75, 3.05) is 7.05 Å². The number of nitrogens with zero attached hydrogens (tertiary/aromatic N) is 3. The predicted octanol–water partition coefficient (Wildman–Crippen LogP) is 4.28. The summed E-state index contributed by atoms with van der Waals surface area (Å²) in [5.74, 6) is 0.737. The summed E-state index contributed by atoms with van der Waals surface area (Å²) in [6.45, 7) is 4.17. The van der Waals surface area contributed by atoms with Crippen molar-refractivity contribution in [3.8, 4) is 11.4 Å². The highest BCUT2D eigenvalue weighted by Gasteiger charge is 2.17. The number of hydrogen-bond acceptors (Lipinski definition) is 4. The second kappa shape index (κ2) is 7.07. The van der Waals surface area contributed by atoms with E-state index in [0.29, 0.717) is 22.3 Å². The lowest BCUT2D eigenvalue weighted by atomic mass is 10.0. The van der Waals surface area contributed by atoms with Crippen molar-refractivity contribution >= 4 is 17.5 Å². The molecule has 0 saturated heterocycles. The second-order valence-corrected chi connectivity index (χ2v) is 6.44. The van der Waals surface area contributed by atoms with Crippen molar-refractivity contribution in [1.82, 2.24) is 15.0 Å². The Morgan fingerprint density at radius 3 is 2.72 bits per heavy atom. The number of carbonyl (C=O) groups is 1. The fourth-order valence-electron chi connectivity index (χ4n) is 2.60. The van der Waals surface area contributed by atoms with E-state index in [1.807, 2.05) is 44.2 Å². The molecule has 1 heterocycles. The molecule has 0 spiro atoms. The molecule has 0 bridgehead atoms. The maximum atomic E-state index is 12.6. The van der Waals surface area contributed by atoms with E-state index in [1.54, 1.807) is 24.1 Å². The molecule has 0 radical (unpaired) electrons. The van der Waals surface area contributed by atoms with Crippen LogP contribution in [0.25, 0.3) is 11.4 Å². The van der Waals surface area contributed by atoms with Gasteiger partial charge in [0.1, 0.15) is 0 Å². The molecule has 6 heteroatoms. The van der Waals surface area contributed by atoms with Crippen LogP contribution in [-0.2, 0) is 6.54 Å². The highest BCUT2D eigenvalue weighted by atomic mass is 35.5. The maximum Gasteiger partial charge on any atom is 0.254 e. The lowest BCUT2D eigenvalue weighted by molar-refractivity contribution is 0.0769. The Balaban J connectivity index is 1.75. The highest BCUT2D eigenvalue weighted by molar-refractivity contribution is 6.30. The van der Waals surface area contributed by atoms with Gasteiger partial charge in [-0.15, -0.1) is 0 Å². The topological polar surface area (TPSA) is 59.2 Å². The van der Waals surface area contributed by atoms with E-state index in [4.69, 9.17) is 16.1 Å². The molecule has 0 N–H and O–H groups in total. The molecule has 3 aromatic rings. The van der Waals surface area contributed by atoms with Gasteiger partial charge in [-0.2, -0.15) is 4.98 Å². The summed E-state index contributed by atoms with van der Waals surface area (Å²) in [4.78, 5) is 18.5. The van der Waals surface area contributed by atoms with E-state index in [2.05, 4.69) is 10.1 Å². The Hall–Kier alpha value is -2.66. The summed E-state index contributed by atoms with van der Waals surface area (Å²) in [5.41, 5.74) is 3.51. The molecule has 128 valence electrons. The van der Waals surface area contributed by atoms with Crippen LogP contribution in [0.5, 0.6) is 0 Å². The Kier molecular flexibility index (Phi) is 4.86. The number of hydrogen-bond donors (Lipinski definition) is 0. The molecule has 0 unspecified atom stereocenters. The molecule has 5 nitrogen and oxygen atoms in total. The number of rotatable bonds is 4. The van der Waals surface area contributed by atoms with Crippen molar-refractivity contribution < 1.29 is 9.32 Å². The van der Waals surface area contributed by atoms with Gasteiger partial charge in [0, 0.05) is 23.2 Å². The lowest BCUT2D eigenvalue weighted by Gasteiger charge is -2.16. The molecule has 25 heavy (non-hydrogen) atoms. The van der Waals surface area contributed by atoms with E-state index >= 15 is 0 Å². The van der Waals surface area contributed by atoms with Crippen molar-refractivity contribution in [3.05, 3.63) is 70.1 Å². The van der Waals surface area contributed by atoms with Crippen LogP contribution in [0.15, 0.2) is 47.0 Å². The first-order chi connectivity index (χ1) is 11.9. The standard InChI is InChI=1S/C19H18ClN3O2/c1-12-7-8-16(13(2)9-12)19(24)23(3)11-17-21-18(22-25-17)14-5-4-6-15(20)10-14/h4-10H,11H2,1-3H3. The zero-order valence-corrected chi connectivity index (χ0v) is 15.0. The zero-order valence-electron chi connectivity index (χ0n) is 14.3. The van der Waals surface area contributed by atoms with Gasteiger partial charge in [0.25, 0.3) is 5.91 Å². The Morgan fingerprint density at radius 1 is 1.20 bits per heavy atom. The van der Waals surface area contributed by atoms with Gasteiger partial charge in [-0.25, -0.2) is 0 Å². The van der Waals surface area contributed by atoms with Crippen molar-refractivity contribution in [3.63, 3.8) is 0 Å². The van der Waals surface area contributed by atoms with Crippen LogP contribution in [0.3, 0.4) is 0 Å². The van der Waals surface area contributed by atoms with E-state index in [0.717, 1.165) is 16.7 Å². The quantitative estimate of drug-likeness (QED) is 0.700. The van der Waals surface area contributed by atoms with Gasteiger partial charge in [0.2, 0.25) is 11.7 Å². The normalized spacial score (nSPS) is 10.7. The third-order valence-corrected chi connectivity index (χ3v) is 4.12. The first kappa shape index (κ1) is 17.2. The Labute approximate surface area is 151 Å². The van der Waals surface area contributed by atoms with E-state index < -0.39 is 0 Å². The maximum absolute atomic E-state index is 12.6. The number of halogens is 1. The van der Waals surface area contributed by atoms with Crippen molar-refractivity contribution in [2.45, 2.75) is 20.4 Å². The minimum atomic E-state index is -0.0833. The summed E-state index contributed by atoms with van der Waals surface area (Å²) < 4.78 is 5.27. The third-order valence-electron chi connectivity index (χ3n) is 3.88. The summed E-state index contributed by atoms with van der Waals surface area (Å²) in [5, 5.41) is 4.56. The number of aryl methyl sites for hydroxylation is 2. The van der Waals surface area contributed by atoms with Gasteiger partial charge in [-0.05, 0) is 37.6 Å². The highest BCUT2D eigenvalue weighted by Crippen LogP contribution is 2.20. The molecule has 0 fully saturated rings. The number of benzene rings is 2. The largest absolute Gasteiger partial charge is 0.337 e. The van der Waals surface area contributed by atoms with Gasteiger partial charge in [0.05, 0.1) is 6.54 Å². The molecule has 0 atom stereocenters. The second-order valence-electron chi connectivity index (χ2n) is 6.00. The van der Waals surface area contributed by atoms with Gasteiger partial charge in [-0.3, -0.25) is 4.79 Å². The number of aromatic nitrogens is 2. The van der Waals surface area contributed by atoms with Crippen molar-refractivity contribution in [2.24, 2.45) is 0 Å². The van der Waals surface area contributed by atoms with Crippen LogP contribution in [0.2, 0.25) is 5.02 Å². The number of carbonyl (C=O) groups excluding carboxylic acids is 1. The molecule has 2 aromatic carbocycles. The van der Waals surface area contributed by atoms with Crippen LogP contribution in [0.4, 0.5) is 0 Å². The van der Waals surface area contributed by atoms with Gasteiger partial charge in [-0.1, -0.05) is 46.6 Å². The van der Waals surface area contributed by atoms with Crippen LogP contribution in [-0.4, -0.2) is 28.0 Å². The average Bonchev–Trinajstić information content (AvgIpc) is 3.03. The molecule has 0 aliphatic heterocycles. The molecular weight excluding hydrogens is 338 g/mol. The molecule has 3 rings (SSSR count). The van der Waals surface area contributed by atoms with Crippen LogP contribution < -0.4 is 0 Å². The van der Waals surface area contributed by atoms with Crippen LogP contribution >= 0.6 is 11.6 Å². The molecular formula is C19H18ClN3O2. The molecule has 0 saturated carbocycles. The fourth-order valence-corrected chi connectivity index (χ4v) is 2.79. The van der Waals surface area contributed by atoms with E-state index in [9.17, 15) is 4.79 Å². The Morgan fingerprint density at radius 2 is 2.00 bits per heavy atom. The molecule has 0 aliphatic rings. The van der Waals surface area contributed by atoms with Gasteiger partial charge >= 0.3 is 0 Å². The van der Waals surface area contributed by atoms with Crippen LogP contribution in [0, 0.1) is 13.8 Å². The minimum absolute atomic E-state index is 0.0833. The average molecular weight is 356 g/mol. The van der Waals surface area contributed by atoms with Gasteiger partial charge in [0.15, 0.2) is 0 Å². The summed E-state index contributed by atoms with van der Waals surface area (Å²) in [6, 6.07) is 13.0. The fraction of sp³-hybridized carbons (Fsp3) is 0.211. The van der Waals surface area contributed by atoms with Crippen LogP contribution in [0.1, 0.15) is 27.4 Å². The third kappa shape index (κ3) is 3.88. The molecule has 0 aliphatic carbocycles. The van der Waals surface area contributed by atoms with E-state index in [-0.39, 0.29) is 12.5 Å². The number of amides is 1. The zero-order chi connectivity index (χ0) is 18.0. The molecule has 1 amide bonds. The summed E-state index contributed by atoms with van der Waals surface area (Å²) in [6.07, 6.45) is 0.